The number of hydrogen-bond donors (Lipinski definition) is 1. The Hall–Kier alpha value is -3.84. The van der Waals surface area contributed by atoms with Gasteiger partial charge in [-0.1, -0.05) is 47.5 Å². The first-order valence-electron chi connectivity index (χ1n) is 15.2. The van der Waals surface area contributed by atoms with Gasteiger partial charge in [-0.05, 0) is 48.4 Å². The Labute approximate surface area is 285 Å². The highest BCUT2D eigenvalue weighted by molar-refractivity contribution is 7.89. The third-order valence-electron chi connectivity index (χ3n) is 8.12. The van der Waals surface area contributed by atoms with Crippen molar-refractivity contribution in [2.75, 3.05) is 59.3 Å². The van der Waals surface area contributed by atoms with E-state index in [1.165, 1.54) is 20.2 Å². The molecule has 250 valence electrons. The second kappa shape index (κ2) is 14.1. The highest BCUT2D eigenvalue weighted by Crippen LogP contribution is 2.46. The van der Waals surface area contributed by atoms with Crippen LogP contribution < -0.4 is 15.0 Å². The highest BCUT2D eigenvalue weighted by atomic mass is 35.5. The van der Waals surface area contributed by atoms with Crippen LogP contribution >= 0.6 is 23.2 Å². The van der Waals surface area contributed by atoms with Crippen molar-refractivity contribution in [2.24, 2.45) is 4.99 Å². The lowest BCUT2D eigenvalue weighted by molar-refractivity contribution is -0.120. The molecule has 3 amide bonds. The first-order chi connectivity index (χ1) is 22.3. The topological polar surface area (TPSA) is 115 Å². The van der Waals surface area contributed by atoms with E-state index < -0.39 is 22.1 Å². The SMILES string of the molecule is CCOc1cc(N(C)C)c(S(=O)(=O)N(C)C)cc1C1=N[C@@H](c2ccc(Cl)cc2)[C@@H](c2ccc(Cl)cc2)N1C(=O)N1CCNC(=O)CC1. The summed E-state index contributed by atoms with van der Waals surface area (Å²) < 4.78 is 34.7. The normalized spacial score (nSPS) is 18.6. The van der Waals surface area contributed by atoms with Gasteiger partial charge in [0.15, 0.2) is 0 Å². The number of benzene rings is 3. The van der Waals surface area contributed by atoms with Crippen LogP contribution in [0.1, 0.15) is 42.1 Å². The number of nitrogens with one attached hydrogen (secondary N) is 1. The second-order valence-corrected chi connectivity index (χ2v) is 14.6. The molecule has 0 bridgehead atoms. The van der Waals surface area contributed by atoms with Gasteiger partial charge in [-0.2, -0.15) is 0 Å². The number of ether oxygens (including phenoxy) is 1. The Kier molecular flexibility index (Phi) is 10.4. The lowest BCUT2D eigenvalue weighted by Crippen LogP contribution is -2.47. The standard InChI is InChI=1S/C33H38Cl2N6O5S/c1-6-46-27-20-26(38(2)3)28(47(44,45)39(4)5)19-25(27)32-37-30(21-7-11-23(34)12-8-21)31(22-9-13-24(35)14-10-22)41(32)33(43)40-17-15-29(42)36-16-18-40/h7-14,19-20,30-31H,6,15-18H2,1-5H3,(H,36,42)/t30-,31+/m0/s1. The van der Waals surface area contributed by atoms with Gasteiger partial charge in [0.1, 0.15) is 22.5 Å². The number of anilines is 1. The second-order valence-electron chi connectivity index (χ2n) is 11.6. The molecule has 1 fully saturated rings. The van der Waals surface area contributed by atoms with Crippen LogP contribution in [0.15, 0.2) is 70.6 Å². The van der Waals surface area contributed by atoms with Crippen LogP contribution in [0.4, 0.5) is 10.5 Å². The molecule has 47 heavy (non-hydrogen) atoms. The van der Waals surface area contributed by atoms with Crippen molar-refractivity contribution >= 4 is 56.7 Å². The number of amidine groups is 1. The first-order valence-corrected chi connectivity index (χ1v) is 17.4. The molecule has 2 aliphatic rings. The van der Waals surface area contributed by atoms with Gasteiger partial charge < -0.3 is 19.9 Å². The van der Waals surface area contributed by atoms with E-state index in [-0.39, 0.29) is 48.8 Å². The van der Waals surface area contributed by atoms with E-state index in [4.69, 9.17) is 32.9 Å². The number of sulfonamides is 1. The number of carbonyl (C=O) groups is 2. The predicted molar refractivity (Wildman–Crippen MR) is 184 cm³/mol. The van der Waals surface area contributed by atoms with Crippen molar-refractivity contribution in [1.82, 2.24) is 19.4 Å². The van der Waals surface area contributed by atoms with E-state index in [1.807, 2.05) is 31.2 Å². The van der Waals surface area contributed by atoms with Crippen LogP contribution in [0.25, 0.3) is 0 Å². The quantitative estimate of drug-likeness (QED) is 0.346. The van der Waals surface area contributed by atoms with Crippen LogP contribution in [0.5, 0.6) is 5.75 Å². The molecule has 1 N–H and O–H groups in total. The predicted octanol–water partition coefficient (Wildman–Crippen LogP) is 5.20. The zero-order valence-corrected chi connectivity index (χ0v) is 29.2. The summed E-state index contributed by atoms with van der Waals surface area (Å²) >= 11 is 12.6. The maximum atomic E-state index is 14.8. The van der Waals surface area contributed by atoms with Crippen LogP contribution in [0, 0.1) is 0 Å². The maximum absolute atomic E-state index is 14.8. The number of hydrogen-bond acceptors (Lipinski definition) is 7. The number of nitrogens with zero attached hydrogens (tertiary/aromatic N) is 5. The lowest BCUT2D eigenvalue weighted by atomic mass is 9.93. The van der Waals surface area contributed by atoms with Crippen LogP contribution in [0.3, 0.4) is 0 Å². The zero-order valence-electron chi connectivity index (χ0n) is 26.9. The molecular weight excluding hydrogens is 663 g/mol. The number of urea groups is 1. The number of carbonyl (C=O) groups excluding carboxylic acids is 2. The fraction of sp³-hybridized carbons (Fsp3) is 0.364. The molecule has 3 aromatic rings. The van der Waals surface area contributed by atoms with Gasteiger partial charge >= 0.3 is 6.03 Å². The Morgan fingerprint density at radius 2 is 1.60 bits per heavy atom. The number of halogens is 2. The number of aliphatic imine (C=N–C) groups is 1. The highest BCUT2D eigenvalue weighted by Gasteiger charge is 2.45. The molecule has 3 aromatic carbocycles. The summed E-state index contributed by atoms with van der Waals surface area (Å²) in [6, 6.07) is 16.0. The van der Waals surface area contributed by atoms with Gasteiger partial charge in [0, 0.05) is 70.4 Å². The summed E-state index contributed by atoms with van der Waals surface area (Å²) in [6.45, 7) is 2.89. The smallest absolute Gasteiger partial charge is 0.326 e. The molecule has 2 aliphatic heterocycles. The van der Waals surface area contributed by atoms with Gasteiger partial charge in [-0.3, -0.25) is 14.7 Å². The molecule has 0 aliphatic carbocycles. The number of amides is 3. The van der Waals surface area contributed by atoms with Gasteiger partial charge in [0.05, 0.1) is 23.9 Å². The lowest BCUT2D eigenvalue weighted by Gasteiger charge is -2.34. The summed E-state index contributed by atoms with van der Waals surface area (Å²) in [5.41, 5.74) is 2.31. The van der Waals surface area contributed by atoms with Crippen molar-refractivity contribution in [2.45, 2.75) is 30.3 Å². The van der Waals surface area contributed by atoms with E-state index in [2.05, 4.69) is 5.32 Å². The van der Waals surface area contributed by atoms with E-state index >= 15 is 0 Å². The van der Waals surface area contributed by atoms with Crippen LogP contribution in [0.2, 0.25) is 10.0 Å². The molecule has 0 spiro atoms. The third kappa shape index (κ3) is 7.06. The molecule has 5 rings (SSSR count). The summed E-state index contributed by atoms with van der Waals surface area (Å²) in [5.74, 6) is 0.465. The molecule has 1 saturated heterocycles. The monoisotopic (exact) mass is 700 g/mol. The maximum Gasteiger partial charge on any atom is 0.326 e. The van der Waals surface area contributed by atoms with Crippen LogP contribution in [-0.2, 0) is 14.8 Å². The van der Waals surface area contributed by atoms with Crippen molar-refractivity contribution in [1.29, 1.82) is 0 Å². The van der Waals surface area contributed by atoms with Crippen molar-refractivity contribution < 1.29 is 22.7 Å². The van der Waals surface area contributed by atoms with Crippen molar-refractivity contribution in [3.05, 3.63) is 87.4 Å². The Bertz CT molecular complexity index is 1780. The summed E-state index contributed by atoms with van der Waals surface area (Å²) in [4.78, 5) is 37.2. The summed E-state index contributed by atoms with van der Waals surface area (Å²) in [7, 11) is 2.49. The van der Waals surface area contributed by atoms with E-state index in [9.17, 15) is 18.0 Å². The van der Waals surface area contributed by atoms with E-state index in [1.54, 1.807) is 59.1 Å². The average Bonchev–Trinajstić information content (AvgIpc) is 3.29. The largest absolute Gasteiger partial charge is 0.493 e. The molecule has 14 heteroatoms. The van der Waals surface area contributed by atoms with Crippen LogP contribution in [-0.4, -0.2) is 94.7 Å². The third-order valence-corrected chi connectivity index (χ3v) is 10.5. The van der Waals surface area contributed by atoms with E-state index in [0.717, 1.165) is 15.4 Å². The minimum absolute atomic E-state index is 0.0311. The molecule has 11 nitrogen and oxygen atoms in total. The first kappa shape index (κ1) is 34.5. The van der Waals surface area contributed by atoms with Gasteiger partial charge in [-0.25, -0.2) is 17.5 Å². The van der Waals surface area contributed by atoms with Gasteiger partial charge in [0.2, 0.25) is 15.9 Å². The molecule has 2 heterocycles. The summed E-state index contributed by atoms with van der Waals surface area (Å²) in [5, 5.41) is 3.90. The molecule has 0 aromatic heterocycles. The Morgan fingerprint density at radius 1 is 0.979 bits per heavy atom. The molecule has 2 atom stereocenters. The van der Waals surface area contributed by atoms with E-state index in [0.29, 0.717) is 33.6 Å². The minimum atomic E-state index is -3.95. The molecule has 0 radical (unpaired) electrons. The van der Waals surface area contributed by atoms with Crippen molar-refractivity contribution in [3.8, 4) is 5.75 Å². The van der Waals surface area contributed by atoms with Gasteiger partial charge in [0.25, 0.3) is 0 Å². The Morgan fingerprint density at radius 3 is 2.17 bits per heavy atom. The summed E-state index contributed by atoms with van der Waals surface area (Å²) in [6.07, 6.45) is 0.144. The average molecular weight is 702 g/mol. The molecular formula is C33H38Cl2N6O5S. The number of rotatable bonds is 8. The van der Waals surface area contributed by atoms with Crippen molar-refractivity contribution in [3.63, 3.8) is 0 Å². The van der Waals surface area contributed by atoms with Gasteiger partial charge in [-0.15, -0.1) is 0 Å². The zero-order chi connectivity index (χ0) is 34.0. The Balaban J connectivity index is 1.80. The molecule has 0 saturated carbocycles. The fourth-order valence-electron chi connectivity index (χ4n) is 5.72. The minimum Gasteiger partial charge on any atom is -0.493 e. The fourth-order valence-corrected chi connectivity index (χ4v) is 7.13. The molecule has 0 unspecified atom stereocenters.